The Morgan fingerprint density at radius 2 is 2.20 bits per heavy atom. The maximum Gasteiger partial charge on any atom is 0.0730 e. The van der Waals surface area contributed by atoms with Crippen molar-refractivity contribution in [2.45, 2.75) is 33.6 Å². The second-order valence-electron chi connectivity index (χ2n) is 6.89. The van der Waals surface area contributed by atoms with E-state index >= 15 is 0 Å². The van der Waals surface area contributed by atoms with Gasteiger partial charge in [-0.15, -0.1) is 0 Å². The van der Waals surface area contributed by atoms with Crippen LogP contribution in [0.4, 0.5) is 11.5 Å². The molecule has 0 aliphatic carbocycles. The van der Waals surface area contributed by atoms with Gasteiger partial charge in [-0.2, -0.15) is 0 Å². The molecule has 0 saturated heterocycles. The van der Waals surface area contributed by atoms with Crippen molar-refractivity contribution in [3.63, 3.8) is 0 Å². The summed E-state index contributed by atoms with van der Waals surface area (Å²) in [6, 6.07) is 5.68. The summed E-state index contributed by atoms with van der Waals surface area (Å²) in [4.78, 5) is 8.90. The van der Waals surface area contributed by atoms with Gasteiger partial charge in [0.2, 0.25) is 0 Å². The van der Waals surface area contributed by atoms with E-state index in [0.29, 0.717) is 23.3 Å². The average Bonchev–Trinajstić information content (AvgIpc) is 2.60. The first-order valence-electron chi connectivity index (χ1n) is 9.03. The Kier molecular flexibility index (Phi) is 5.38. The largest absolute Gasteiger partial charge is 0.397 e. The van der Waals surface area contributed by atoms with Gasteiger partial charge in [0.1, 0.15) is 0 Å². The molecule has 1 unspecified atom stereocenters. The quantitative estimate of drug-likeness (QED) is 0.833. The minimum atomic E-state index is 0.467. The van der Waals surface area contributed by atoms with Crippen molar-refractivity contribution >= 4 is 22.5 Å². The van der Waals surface area contributed by atoms with Gasteiger partial charge >= 0.3 is 0 Å². The number of unbranched alkanes of at least 4 members (excludes halogenated alkanes) is 1. The number of pyridine rings is 2. The van der Waals surface area contributed by atoms with Crippen LogP contribution in [-0.4, -0.2) is 28.1 Å². The number of hydrazine groups is 1. The van der Waals surface area contributed by atoms with Crippen molar-refractivity contribution in [2.24, 2.45) is 11.8 Å². The Labute approximate surface area is 149 Å². The molecular weight excluding hydrogens is 312 g/mol. The van der Waals surface area contributed by atoms with Crippen LogP contribution >= 0.6 is 0 Å². The lowest BCUT2D eigenvalue weighted by atomic mass is 9.94. The standard InChI is InChI=1S/C19H27N6/c1-4-5-8-25-19(9-14(11-22-25)13(2)3)24-18-7-6-16-17(23-18)10-15(20)12-21-16/h6-7,9-10,12-14,22H,4-5,8,11,20H2,1-3H3/q-1. The van der Waals surface area contributed by atoms with Crippen LogP contribution in [0, 0.1) is 11.8 Å². The minimum absolute atomic E-state index is 0.467. The van der Waals surface area contributed by atoms with Gasteiger partial charge in [-0.05, 0) is 43.0 Å². The molecule has 3 N–H and O–H groups in total. The summed E-state index contributed by atoms with van der Waals surface area (Å²) < 4.78 is 0. The number of hydrogen-bond donors (Lipinski definition) is 2. The molecular formula is C19H27N6-. The van der Waals surface area contributed by atoms with E-state index in [0.717, 1.165) is 42.8 Å². The van der Waals surface area contributed by atoms with Crippen molar-refractivity contribution in [3.8, 4) is 0 Å². The molecule has 0 saturated carbocycles. The van der Waals surface area contributed by atoms with Gasteiger partial charge in [0.25, 0.3) is 0 Å². The van der Waals surface area contributed by atoms with E-state index in [2.05, 4.69) is 47.2 Å². The fraction of sp³-hybridized carbons (Fsp3) is 0.474. The number of nitrogens with one attached hydrogen (secondary N) is 1. The van der Waals surface area contributed by atoms with Crippen molar-refractivity contribution in [1.29, 1.82) is 0 Å². The Bertz CT molecular complexity index is 755. The van der Waals surface area contributed by atoms with Crippen molar-refractivity contribution in [3.05, 3.63) is 41.6 Å². The average molecular weight is 339 g/mol. The highest BCUT2D eigenvalue weighted by molar-refractivity contribution is 5.79. The van der Waals surface area contributed by atoms with E-state index in [1.54, 1.807) is 6.20 Å². The maximum absolute atomic E-state index is 5.82. The van der Waals surface area contributed by atoms with Crippen LogP contribution in [0.2, 0.25) is 0 Å². The highest BCUT2D eigenvalue weighted by Crippen LogP contribution is 2.30. The number of anilines is 1. The lowest BCUT2D eigenvalue weighted by Gasteiger charge is -2.41. The topological polar surface area (TPSA) is 81.2 Å². The minimum Gasteiger partial charge on any atom is -0.397 e. The summed E-state index contributed by atoms with van der Waals surface area (Å²) >= 11 is 0. The molecule has 25 heavy (non-hydrogen) atoms. The third-order valence-corrected chi connectivity index (χ3v) is 4.52. The number of nitrogens with two attached hydrogens (primary N) is 1. The first-order chi connectivity index (χ1) is 12.1. The summed E-state index contributed by atoms with van der Waals surface area (Å²) in [7, 11) is 0. The molecule has 1 atom stereocenters. The first-order valence-corrected chi connectivity index (χ1v) is 9.03. The third kappa shape index (κ3) is 4.20. The maximum atomic E-state index is 5.82. The van der Waals surface area contributed by atoms with Crippen molar-refractivity contribution in [2.75, 3.05) is 18.8 Å². The molecule has 2 aromatic rings. The molecule has 0 amide bonds. The zero-order chi connectivity index (χ0) is 17.8. The lowest BCUT2D eigenvalue weighted by Crippen LogP contribution is -2.45. The Morgan fingerprint density at radius 3 is 2.96 bits per heavy atom. The van der Waals surface area contributed by atoms with Crippen LogP contribution in [0.15, 0.2) is 36.3 Å². The van der Waals surface area contributed by atoms with Gasteiger partial charge in [-0.25, -0.2) is 0 Å². The van der Waals surface area contributed by atoms with Gasteiger partial charge < -0.3 is 21.0 Å². The number of aromatic nitrogens is 2. The summed E-state index contributed by atoms with van der Waals surface area (Å²) in [6.07, 6.45) is 6.19. The van der Waals surface area contributed by atoms with Gasteiger partial charge in [-0.3, -0.25) is 10.4 Å². The van der Waals surface area contributed by atoms with E-state index in [9.17, 15) is 0 Å². The molecule has 3 rings (SSSR count). The van der Waals surface area contributed by atoms with Gasteiger partial charge in [0, 0.05) is 23.7 Å². The SMILES string of the molecule is CCCCN1NCC(C(C)C)C=C1[N-]c1ccc2ncc(N)cc2n1. The third-order valence-electron chi connectivity index (χ3n) is 4.52. The Hall–Kier alpha value is -2.34. The summed E-state index contributed by atoms with van der Waals surface area (Å²) in [6.45, 7) is 8.57. The van der Waals surface area contributed by atoms with Gasteiger partial charge in [0.05, 0.1) is 17.4 Å². The lowest BCUT2D eigenvalue weighted by molar-refractivity contribution is 0.200. The number of fused-ring (bicyclic) bond motifs is 1. The molecule has 3 heterocycles. The predicted octanol–water partition coefficient (Wildman–Crippen LogP) is 3.95. The number of hydrogen-bond acceptors (Lipinski definition) is 5. The van der Waals surface area contributed by atoms with Crippen molar-refractivity contribution < 1.29 is 0 Å². The predicted molar refractivity (Wildman–Crippen MR) is 103 cm³/mol. The summed E-state index contributed by atoms with van der Waals surface area (Å²) in [5, 5.41) is 6.95. The Balaban J connectivity index is 1.85. The Morgan fingerprint density at radius 1 is 1.36 bits per heavy atom. The van der Waals surface area contributed by atoms with E-state index < -0.39 is 0 Å². The molecule has 6 nitrogen and oxygen atoms in total. The molecule has 0 bridgehead atoms. The number of nitrogens with zero attached hydrogens (tertiary/aromatic N) is 4. The molecule has 1 aliphatic heterocycles. The monoisotopic (exact) mass is 339 g/mol. The first kappa shape index (κ1) is 17.5. The number of nitrogen functional groups attached to an aromatic ring is 1. The highest BCUT2D eigenvalue weighted by atomic mass is 15.5. The van der Waals surface area contributed by atoms with E-state index in [1.165, 1.54) is 0 Å². The van der Waals surface area contributed by atoms with Crippen LogP contribution in [0.5, 0.6) is 0 Å². The fourth-order valence-corrected chi connectivity index (χ4v) is 2.86. The normalized spacial score (nSPS) is 17.8. The van der Waals surface area contributed by atoms with Crippen LogP contribution in [0.3, 0.4) is 0 Å². The number of rotatable bonds is 6. The van der Waals surface area contributed by atoms with Crippen LogP contribution in [-0.2, 0) is 0 Å². The molecule has 2 aromatic heterocycles. The molecule has 0 fully saturated rings. The van der Waals surface area contributed by atoms with Crippen LogP contribution < -0.4 is 11.2 Å². The highest BCUT2D eigenvalue weighted by Gasteiger charge is 2.18. The zero-order valence-electron chi connectivity index (χ0n) is 15.2. The molecule has 134 valence electrons. The van der Waals surface area contributed by atoms with Crippen molar-refractivity contribution in [1.82, 2.24) is 20.4 Å². The summed E-state index contributed by atoms with van der Waals surface area (Å²) in [5.74, 6) is 2.66. The second kappa shape index (κ2) is 7.70. The smallest absolute Gasteiger partial charge is 0.0730 e. The van der Waals surface area contributed by atoms with Crippen LogP contribution in [0.1, 0.15) is 33.6 Å². The fourth-order valence-electron chi connectivity index (χ4n) is 2.86. The van der Waals surface area contributed by atoms with E-state index in [4.69, 9.17) is 11.1 Å². The molecule has 1 aliphatic rings. The molecule has 0 radical (unpaired) electrons. The molecule has 0 spiro atoms. The van der Waals surface area contributed by atoms with Gasteiger partial charge in [0.15, 0.2) is 0 Å². The summed E-state index contributed by atoms with van der Waals surface area (Å²) in [5.41, 5.74) is 11.5. The van der Waals surface area contributed by atoms with E-state index in [1.807, 2.05) is 18.2 Å². The van der Waals surface area contributed by atoms with E-state index in [-0.39, 0.29) is 0 Å². The second-order valence-corrected chi connectivity index (χ2v) is 6.89. The van der Waals surface area contributed by atoms with Crippen LogP contribution in [0.25, 0.3) is 16.4 Å². The molecule has 6 heteroatoms. The zero-order valence-corrected chi connectivity index (χ0v) is 15.2. The molecule has 0 aromatic carbocycles. The van der Waals surface area contributed by atoms with Gasteiger partial charge in [-0.1, -0.05) is 33.3 Å².